The summed E-state index contributed by atoms with van der Waals surface area (Å²) < 4.78 is 40.6. The second kappa shape index (κ2) is 10.8. The minimum atomic E-state index is -4.78. The number of nitrogens with zero attached hydrogens (tertiary/aromatic N) is 2. The van der Waals surface area contributed by atoms with Gasteiger partial charge in [-0.3, -0.25) is 4.79 Å². The summed E-state index contributed by atoms with van der Waals surface area (Å²) in [7, 11) is 0. The van der Waals surface area contributed by atoms with Gasteiger partial charge in [-0.1, -0.05) is 0 Å². The lowest BCUT2D eigenvalue weighted by molar-refractivity contribution is -0.274. The number of ether oxygens (including phenoxy) is 1. The highest BCUT2D eigenvalue weighted by Crippen LogP contribution is 2.27. The lowest BCUT2D eigenvalue weighted by Crippen LogP contribution is -2.17. The first-order valence-electron chi connectivity index (χ1n) is 9.39. The molecule has 3 aromatic rings. The molecule has 0 unspecified atom stereocenters. The summed E-state index contributed by atoms with van der Waals surface area (Å²) in [5.74, 6) is 0.342. The van der Waals surface area contributed by atoms with Crippen LogP contribution in [0.25, 0.3) is 0 Å². The van der Waals surface area contributed by atoms with Crippen molar-refractivity contribution >= 4 is 29.2 Å². The third kappa shape index (κ3) is 7.13. The van der Waals surface area contributed by atoms with Gasteiger partial charge in [0, 0.05) is 30.4 Å². The van der Waals surface area contributed by atoms with Crippen molar-refractivity contribution in [1.29, 1.82) is 0 Å². The van der Waals surface area contributed by atoms with E-state index in [0.717, 1.165) is 17.7 Å². The Balaban J connectivity index is 1.65. The van der Waals surface area contributed by atoms with Gasteiger partial charge < -0.3 is 20.5 Å². The summed E-state index contributed by atoms with van der Waals surface area (Å²) >= 11 is 1.36. The second-order valence-electron chi connectivity index (χ2n) is 6.37. The fraction of sp³-hybridized carbons (Fsp3) is 0.190. The van der Waals surface area contributed by atoms with Crippen molar-refractivity contribution in [1.82, 2.24) is 9.97 Å². The van der Waals surface area contributed by atoms with Gasteiger partial charge in [0.05, 0.1) is 12.2 Å². The minimum absolute atomic E-state index is 0.00879. The van der Waals surface area contributed by atoms with E-state index in [-0.39, 0.29) is 12.4 Å². The van der Waals surface area contributed by atoms with E-state index in [4.69, 9.17) is 5.11 Å². The van der Waals surface area contributed by atoms with Gasteiger partial charge in [-0.15, -0.1) is 24.9 Å². The summed E-state index contributed by atoms with van der Waals surface area (Å²) in [5.41, 5.74) is 1.60. The first-order valence-corrected chi connectivity index (χ1v) is 10.4. The first kappa shape index (κ1) is 23.4. The molecule has 1 aromatic carbocycles. The molecule has 0 aliphatic carbocycles. The molecule has 3 rings (SSSR count). The highest BCUT2D eigenvalue weighted by Gasteiger charge is 2.31. The summed E-state index contributed by atoms with van der Waals surface area (Å²) in [5, 5.41) is 15.0. The zero-order valence-corrected chi connectivity index (χ0v) is 17.4. The van der Waals surface area contributed by atoms with Gasteiger partial charge >= 0.3 is 6.36 Å². The van der Waals surface area contributed by atoms with E-state index in [1.165, 1.54) is 23.9 Å². The van der Waals surface area contributed by atoms with E-state index in [2.05, 4.69) is 25.3 Å². The average Bonchev–Trinajstić information content (AvgIpc) is 2.77. The van der Waals surface area contributed by atoms with Crippen LogP contribution in [-0.2, 0) is 5.75 Å². The highest BCUT2D eigenvalue weighted by molar-refractivity contribution is 7.98. The molecular formula is C21H19F3N4O3S. The number of aliphatic hydroxyl groups excluding tert-OH is 1. The number of carbonyl (C=O) groups is 1. The Morgan fingerprint density at radius 1 is 1.09 bits per heavy atom. The van der Waals surface area contributed by atoms with Crippen molar-refractivity contribution < 1.29 is 27.8 Å². The molecule has 0 fully saturated rings. The van der Waals surface area contributed by atoms with E-state index in [1.807, 2.05) is 12.1 Å². The second-order valence-corrected chi connectivity index (χ2v) is 7.33. The number of nitrogens with one attached hydrogen (secondary N) is 2. The number of carbonyl (C=O) groups excluding carboxylic acids is 1. The van der Waals surface area contributed by atoms with Crippen LogP contribution in [0, 0.1) is 0 Å². The van der Waals surface area contributed by atoms with Crippen molar-refractivity contribution in [3.8, 4) is 5.75 Å². The predicted molar refractivity (Wildman–Crippen MR) is 115 cm³/mol. The highest BCUT2D eigenvalue weighted by atomic mass is 32.2. The molecule has 2 aromatic heterocycles. The number of benzene rings is 1. The number of rotatable bonds is 9. The molecule has 168 valence electrons. The van der Waals surface area contributed by atoms with E-state index in [0.29, 0.717) is 34.4 Å². The first-order chi connectivity index (χ1) is 15.3. The van der Waals surface area contributed by atoms with Crippen LogP contribution in [0.2, 0.25) is 0 Å². The third-order valence-electron chi connectivity index (χ3n) is 3.98. The van der Waals surface area contributed by atoms with Crippen LogP contribution in [0.3, 0.4) is 0 Å². The Bertz CT molecular complexity index is 1050. The molecule has 0 aliphatic rings. The number of halogens is 3. The van der Waals surface area contributed by atoms with E-state index < -0.39 is 12.3 Å². The third-order valence-corrected chi connectivity index (χ3v) is 5.06. The zero-order valence-electron chi connectivity index (χ0n) is 16.6. The number of anilines is 2. The topological polar surface area (TPSA) is 96.4 Å². The SMILES string of the molecule is O=C(Nc1ccc(OC(F)(F)F)cc1)c1cccnc1SCc1ccnc(NCCO)c1. The molecule has 0 bridgehead atoms. The quantitative estimate of drug-likeness (QED) is 0.406. The maximum atomic E-state index is 12.7. The number of hydrogen-bond donors (Lipinski definition) is 3. The van der Waals surface area contributed by atoms with Gasteiger partial charge in [0.1, 0.15) is 16.6 Å². The lowest BCUT2D eigenvalue weighted by atomic mass is 10.2. The molecule has 1 amide bonds. The Kier molecular flexibility index (Phi) is 7.90. The van der Waals surface area contributed by atoms with Gasteiger partial charge in [0.25, 0.3) is 5.91 Å². The van der Waals surface area contributed by atoms with Gasteiger partial charge in [0.2, 0.25) is 0 Å². The van der Waals surface area contributed by atoms with E-state index >= 15 is 0 Å². The zero-order chi connectivity index (χ0) is 23.0. The number of aromatic nitrogens is 2. The van der Waals surface area contributed by atoms with Gasteiger partial charge in [-0.05, 0) is 54.1 Å². The number of pyridine rings is 2. The Hall–Kier alpha value is -3.31. The predicted octanol–water partition coefficient (Wildman–Crippen LogP) is 4.32. The number of thioether (sulfide) groups is 1. The van der Waals surface area contributed by atoms with Crippen molar-refractivity contribution in [3.05, 3.63) is 72.1 Å². The average molecular weight is 464 g/mol. The molecule has 0 saturated heterocycles. The molecule has 0 saturated carbocycles. The van der Waals surface area contributed by atoms with Crippen LogP contribution in [0.1, 0.15) is 15.9 Å². The standard InChI is InChI=1S/C21H19F3N4O3S/c22-21(23,24)31-16-5-3-15(4-6-16)28-19(30)17-2-1-8-27-20(17)32-13-14-7-9-25-18(12-14)26-10-11-29/h1-9,12,29H,10-11,13H2,(H,25,26)(H,28,30). The molecule has 32 heavy (non-hydrogen) atoms. The smallest absolute Gasteiger partial charge is 0.406 e. The van der Waals surface area contributed by atoms with Crippen molar-refractivity contribution in [2.75, 3.05) is 23.8 Å². The monoisotopic (exact) mass is 464 g/mol. The van der Waals surface area contributed by atoms with Crippen molar-refractivity contribution in [2.24, 2.45) is 0 Å². The van der Waals surface area contributed by atoms with Crippen LogP contribution in [-0.4, -0.2) is 40.5 Å². The molecule has 0 aliphatic heterocycles. The van der Waals surface area contributed by atoms with Crippen LogP contribution in [0.4, 0.5) is 24.7 Å². The van der Waals surface area contributed by atoms with Gasteiger partial charge in [-0.25, -0.2) is 9.97 Å². The molecule has 11 heteroatoms. The molecule has 0 radical (unpaired) electrons. The summed E-state index contributed by atoms with van der Waals surface area (Å²) in [6, 6.07) is 11.8. The summed E-state index contributed by atoms with van der Waals surface area (Å²) in [6.07, 6.45) is -1.56. The lowest BCUT2D eigenvalue weighted by Gasteiger charge is -2.11. The number of hydrogen-bond acceptors (Lipinski definition) is 7. The van der Waals surface area contributed by atoms with Crippen molar-refractivity contribution in [2.45, 2.75) is 17.1 Å². The van der Waals surface area contributed by atoms with E-state index in [1.54, 1.807) is 24.5 Å². The van der Waals surface area contributed by atoms with Crippen LogP contribution in [0.5, 0.6) is 5.75 Å². The normalized spacial score (nSPS) is 11.1. The van der Waals surface area contributed by atoms with Crippen LogP contribution >= 0.6 is 11.8 Å². The minimum Gasteiger partial charge on any atom is -0.406 e. The maximum absolute atomic E-state index is 12.7. The van der Waals surface area contributed by atoms with Crippen LogP contribution in [0.15, 0.2) is 66.0 Å². The van der Waals surface area contributed by atoms with E-state index in [9.17, 15) is 18.0 Å². The molecular weight excluding hydrogens is 445 g/mol. The van der Waals surface area contributed by atoms with Gasteiger partial charge in [-0.2, -0.15) is 0 Å². The van der Waals surface area contributed by atoms with Crippen molar-refractivity contribution in [3.63, 3.8) is 0 Å². The number of amides is 1. The Morgan fingerprint density at radius 2 is 1.88 bits per heavy atom. The molecule has 0 spiro atoms. The fourth-order valence-electron chi connectivity index (χ4n) is 2.61. The molecule has 2 heterocycles. The largest absolute Gasteiger partial charge is 0.573 e. The molecule has 0 atom stereocenters. The number of aliphatic hydroxyl groups is 1. The van der Waals surface area contributed by atoms with Gasteiger partial charge in [0.15, 0.2) is 0 Å². The Labute approximate surface area is 186 Å². The fourth-order valence-corrected chi connectivity index (χ4v) is 3.55. The maximum Gasteiger partial charge on any atom is 0.573 e. The van der Waals surface area contributed by atoms with Crippen LogP contribution < -0.4 is 15.4 Å². The number of alkyl halides is 3. The summed E-state index contributed by atoms with van der Waals surface area (Å²) in [4.78, 5) is 21.2. The molecule has 7 nitrogen and oxygen atoms in total. The summed E-state index contributed by atoms with van der Waals surface area (Å²) in [6.45, 7) is 0.378. The Morgan fingerprint density at radius 3 is 2.59 bits per heavy atom. The molecule has 3 N–H and O–H groups in total.